The van der Waals surface area contributed by atoms with Crippen LogP contribution in [0.15, 0.2) is 12.1 Å². The van der Waals surface area contributed by atoms with Crippen molar-refractivity contribution >= 4 is 6.03 Å². The Morgan fingerprint density at radius 2 is 1.79 bits per heavy atom. The maximum absolute atomic E-state index is 10.9. The van der Waals surface area contributed by atoms with Gasteiger partial charge >= 0.3 is 6.03 Å². The maximum atomic E-state index is 10.9. The third-order valence-corrected chi connectivity index (χ3v) is 3.16. The molecule has 0 aromatic heterocycles. The summed E-state index contributed by atoms with van der Waals surface area (Å²) >= 11 is 0. The number of nitrogens with two attached hydrogens (primary N) is 1. The van der Waals surface area contributed by atoms with Gasteiger partial charge in [-0.25, -0.2) is 4.79 Å². The molecule has 19 heavy (non-hydrogen) atoms. The van der Waals surface area contributed by atoms with Crippen LogP contribution >= 0.6 is 0 Å². The summed E-state index contributed by atoms with van der Waals surface area (Å²) in [5.41, 5.74) is 7.03. The number of urea groups is 1. The summed E-state index contributed by atoms with van der Waals surface area (Å²) in [6, 6.07) is 3.35. The summed E-state index contributed by atoms with van der Waals surface area (Å²) in [7, 11) is 3.21. The molecular formula is C14H22N2O3. The number of methoxy groups -OCH3 is 2. The van der Waals surface area contributed by atoms with Crippen molar-refractivity contribution in [2.45, 2.75) is 26.2 Å². The first-order valence-corrected chi connectivity index (χ1v) is 6.08. The normalized spacial score (nSPS) is 11.0. The van der Waals surface area contributed by atoms with Crippen LogP contribution in [0, 0.1) is 6.92 Å². The summed E-state index contributed by atoms with van der Waals surface area (Å²) in [5.74, 6) is 1.37. The number of hydrogen-bond acceptors (Lipinski definition) is 3. The van der Waals surface area contributed by atoms with Crippen molar-refractivity contribution in [1.82, 2.24) is 5.32 Å². The molecule has 0 saturated carbocycles. The molecule has 0 aliphatic carbocycles. The molecule has 1 aromatic carbocycles. The van der Waals surface area contributed by atoms with Crippen molar-refractivity contribution in [3.8, 4) is 11.5 Å². The van der Waals surface area contributed by atoms with Crippen LogP contribution in [-0.2, 0) is 5.41 Å². The Labute approximate surface area is 114 Å². The number of benzene rings is 1. The minimum Gasteiger partial charge on any atom is -0.493 e. The quantitative estimate of drug-likeness (QED) is 0.855. The van der Waals surface area contributed by atoms with E-state index in [0.717, 1.165) is 11.1 Å². The second kappa shape index (κ2) is 5.82. The Hall–Kier alpha value is -1.91. The highest BCUT2D eigenvalue weighted by molar-refractivity contribution is 5.71. The number of amides is 2. The van der Waals surface area contributed by atoms with E-state index in [1.165, 1.54) is 0 Å². The van der Waals surface area contributed by atoms with Crippen molar-refractivity contribution in [2.24, 2.45) is 5.73 Å². The molecule has 5 heteroatoms. The van der Waals surface area contributed by atoms with E-state index in [-0.39, 0.29) is 5.41 Å². The summed E-state index contributed by atoms with van der Waals surface area (Å²) < 4.78 is 10.6. The zero-order chi connectivity index (χ0) is 14.6. The lowest BCUT2D eigenvalue weighted by atomic mass is 9.81. The van der Waals surface area contributed by atoms with Gasteiger partial charge in [0, 0.05) is 12.0 Å². The van der Waals surface area contributed by atoms with E-state index in [1.807, 2.05) is 32.9 Å². The van der Waals surface area contributed by atoms with Crippen LogP contribution < -0.4 is 20.5 Å². The Morgan fingerprint density at radius 3 is 2.26 bits per heavy atom. The highest BCUT2D eigenvalue weighted by atomic mass is 16.5. The Morgan fingerprint density at radius 1 is 1.26 bits per heavy atom. The molecule has 0 heterocycles. The van der Waals surface area contributed by atoms with Gasteiger partial charge in [0.1, 0.15) is 0 Å². The Balaban J connectivity index is 3.14. The maximum Gasteiger partial charge on any atom is 0.312 e. The van der Waals surface area contributed by atoms with Gasteiger partial charge in [0.05, 0.1) is 14.2 Å². The van der Waals surface area contributed by atoms with Crippen LogP contribution in [0.3, 0.4) is 0 Å². The molecule has 0 fully saturated rings. The van der Waals surface area contributed by atoms with Gasteiger partial charge in [0.15, 0.2) is 11.5 Å². The van der Waals surface area contributed by atoms with Crippen molar-refractivity contribution in [3.63, 3.8) is 0 Å². The SMILES string of the molecule is COc1cc(C)c(C(C)(C)CNC(N)=O)cc1OC. The third kappa shape index (κ3) is 3.53. The van der Waals surface area contributed by atoms with E-state index in [9.17, 15) is 4.79 Å². The fourth-order valence-corrected chi connectivity index (χ4v) is 2.11. The van der Waals surface area contributed by atoms with Gasteiger partial charge in [0.25, 0.3) is 0 Å². The molecule has 0 radical (unpaired) electrons. The van der Waals surface area contributed by atoms with E-state index >= 15 is 0 Å². The van der Waals surface area contributed by atoms with Gasteiger partial charge in [-0.05, 0) is 30.2 Å². The predicted octanol–water partition coefficient (Wildman–Crippen LogP) is 1.96. The highest BCUT2D eigenvalue weighted by Crippen LogP contribution is 2.35. The standard InChI is InChI=1S/C14H22N2O3/c1-9-6-11(18-4)12(19-5)7-10(9)14(2,3)8-16-13(15)17/h6-7H,8H2,1-5H3,(H3,15,16,17). The smallest absolute Gasteiger partial charge is 0.312 e. The van der Waals surface area contributed by atoms with Crippen molar-refractivity contribution in [2.75, 3.05) is 20.8 Å². The van der Waals surface area contributed by atoms with E-state index in [0.29, 0.717) is 18.0 Å². The molecule has 0 unspecified atom stereocenters. The fourth-order valence-electron chi connectivity index (χ4n) is 2.11. The fraction of sp³-hybridized carbons (Fsp3) is 0.500. The van der Waals surface area contributed by atoms with Crippen molar-refractivity contribution in [3.05, 3.63) is 23.3 Å². The van der Waals surface area contributed by atoms with Crippen LogP contribution in [0.2, 0.25) is 0 Å². The molecular weight excluding hydrogens is 244 g/mol. The minimum atomic E-state index is -0.522. The molecule has 106 valence electrons. The van der Waals surface area contributed by atoms with E-state index in [1.54, 1.807) is 14.2 Å². The molecule has 0 aliphatic heterocycles. The number of ether oxygens (including phenoxy) is 2. The summed E-state index contributed by atoms with van der Waals surface area (Å²) in [6.07, 6.45) is 0. The molecule has 1 rings (SSSR count). The lowest BCUT2D eigenvalue weighted by Crippen LogP contribution is -2.39. The first-order chi connectivity index (χ1) is 8.81. The molecule has 0 saturated heterocycles. The number of nitrogens with one attached hydrogen (secondary N) is 1. The first-order valence-electron chi connectivity index (χ1n) is 6.08. The number of carbonyl (C=O) groups excluding carboxylic acids is 1. The molecule has 0 bridgehead atoms. The molecule has 3 N–H and O–H groups in total. The second-order valence-electron chi connectivity index (χ2n) is 5.12. The molecule has 0 spiro atoms. The lowest BCUT2D eigenvalue weighted by Gasteiger charge is -2.28. The third-order valence-electron chi connectivity index (χ3n) is 3.16. The molecule has 5 nitrogen and oxygen atoms in total. The second-order valence-corrected chi connectivity index (χ2v) is 5.12. The molecule has 1 aromatic rings. The number of rotatable bonds is 5. The van der Waals surface area contributed by atoms with E-state index in [2.05, 4.69) is 5.32 Å². The molecule has 0 aliphatic rings. The average Bonchev–Trinajstić information content (AvgIpc) is 2.35. The van der Waals surface area contributed by atoms with Crippen LogP contribution in [0.4, 0.5) is 4.79 Å². The Bertz CT molecular complexity index is 470. The molecule has 2 amide bonds. The monoisotopic (exact) mass is 266 g/mol. The molecule has 0 atom stereocenters. The van der Waals surface area contributed by atoms with Crippen LogP contribution in [-0.4, -0.2) is 26.8 Å². The zero-order valence-electron chi connectivity index (χ0n) is 12.2. The van der Waals surface area contributed by atoms with Crippen LogP contribution in [0.25, 0.3) is 0 Å². The van der Waals surface area contributed by atoms with Gasteiger partial charge in [0.2, 0.25) is 0 Å². The summed E-state index contributed by atoms with van der Waals surface area (Å²) in [4.78, 5) is 10.9. The number of aryl methyl sites for hydroxylation is 1. The van der Waals surface area contributed by atoms with E-state index < -0.39 is 6.03 Å². The highest BCUT2D eigenvalue weighted by Gasteiger charge is 2.25. The predicted molar refractivity (Wildman–Crippen MR) is 74.9 cm³/mol. The largest absolute Gasteiger partial charge is 0.493 e. The van der Waals surface area contributed by atoms with E-state index in [4.69, 9.17) is 15.2 Å². The van der Waals surface area contributed by atoms with Gasteiger partial charge in [-0.2, -0.15) is 0 Å². The van der Waals surface area contributed by atoms with Crippen molar-refractivity contribution < 1.29 is 14.3 Å². The van der Waals surface area contributed by atoms with Gasteiger partial charge in [-0.15, -0.1) is 0 Å². The zero-order valence-corrected chi connectivity index (χ0v) is 12.2. The lowest BCUT2D eigenvalue weighted by molar-refractivity contribution is 0.246. The first kappa shape index (κ1) is 15.1. The number of primary amides is 1. The summed E-state index contributed by atoms with van der Waals surface area (Å²) in [5, 5.41) is 2.64. The van der Waals surface area contributed by atoms with Gasteiger partial charge in [-0.1, -0.05) is 13.8 Å². The van der Waals surface area contributed by atoms with Gasteiger partial charge < -0.3 is 20.5 Å². The van der Waals surface area contributed by atoms with Crippen LogP contribution in [0.5, 0.6) is 11.5 Å². The number of carbonyl (C=O) groups is 1. The topological polar surface area (TPSA) is 73.6 Å². The summed E-state index contributed by atoms with van der Waals surface area (Å²) in [6.45, 7) is 6.54. The van der Waals surface area contributed by atoms with Crippen LogP contribution in [0.1, 0.15) is 25.0 Å². The Kier molecular flexibility index (Phi) is 4.64. The minimum absolute atomic E-state index is 0.251. The van der Waals surface area contributed by atoms with Gasteiger partial charge in [-0.3, -0.25) is 0 Å². The van der Waals surface area contributed by atoms with Crippen molar-refractivity contribution in [1.29, 1.82) is 0 Å². The number of hydrogen-bond donors (Lipinski definition) is 2. The average molecular weight is 266 g/mol.